The summed E-state index contributed by atoms with van der Waals surface area (Å²) in [5, 5.41) is 2.60. The van der Waals surface area contributed by atoms with Crippen molar-refractivity contribution in [2.45, 2.75) is 5.41 Å². The summed E-state index contributed by atoms with van der Waals surface area (Å²) < 4.78 is 0. The molecule has 0 saturated carbocycles. The van der Waals surface area contributed by atoms with Crippen molar-refractivity contribution < 1.29 is 0 Å². The van der Waals surface area contributed by atoms with E-state index in [1.165, 1.54) is 44.2 Å². The highest BCUT2D eigenvalue weighted by atomic mass is 35.5. The minimum atomic E-state index is -0.512. The number of rotatable bonds is 5. The van der Waals surface area contributed by atoms with E-state index in [-0.39, 0.29) is 5.28 Å². The van der Waals surface area contributed by atoms with Gasteiger partial charge in [0.25, 0.3) is 0 Å². The SMILES string of the molecule is Clc1nc(-c2ccc(-c3cccc4ccccc34)cc2)nc(-c2cccc(C3(c4ccccc4)c4ccccc4-c4ccccc43)c2)n1. The zero-order valence-corrected chi connectivity index (χ0v) is 26.6. The number of hydrogen-bond acceptors (Lipinski definition) is 3. The maximum Gasteiger partial charge on any atom is 0.226 e. The van der Waals surface area contributed by atoms with Gasteiger partial charge in [0.2, 0.25) is 5.28 Å². The van der Waals surface area contributed by atoms with Crippen molar-refractivity contribution in [2.75, 3.05) is 0 Å². The van der Waals surface area contributed by atoms with Crippen LogP contribution in [-0.2, 0) is 5.41 Å². The quantitative estimate of drug-likeness (QED) is 0.189. The fraction of sp³-hybridized carbons (Fsp3) is 0.0227. The van der Waals surface area contributed by atoms with Gasteiger partial charge in [0.05, 0.1) is 5.41 Å². The summed E-state index contributed by atoms with van der Waals surface area (Å²) in [6.45, 7) is 0. The lowest BCUT2D eigenvalue weighted by Gasteiger charge is -2.34. The molecular weight excluding hydrogens is 606 g/mol. The second kappa shape index (κ2) is 11.4. The zero-order valence-electron chi connectivity index (χ0n) is 25.9. The van der Waals surface area contributed by atoms with Gasteiger partial charge in [-0.05, 0) is 72.9 Å². The molecule has 0 unspecified atom stereocenters. The number of halogens is 1. The Morgan fingerprint density at radius 3 is 1.69 bits per heavy atom. The largest absolute Gasteiger partial charge is 0.226 e. The molecule has 0 aliphatic heterocycles. The molecule has 1 aliphatic rings. The van der Waals surface area contributed by atoms with Gasteiger partial charge < -0.3 is 0 Å². The van der Waals surface area contributed by atoms with Gasteiger partial charge in [0.1, 0.15) is 0 Å². The highest BCUT2D eigenvalue weighted by molar-refractivity contribution is 6.28. The minimum absolute atomic E-state index is 0.160. The van der Waals surface area contributed by atoms with Crippen LogP contribution >= 0.6 is 11.6 Å². The van der Waals surface area contributed by atoms with Crippen molar-refractivity contribution in [3.63, 3.8) is 0 Å². The lowest BCUT2D eigenvalue weighted by Crippen LogP contribution is -2.28. The van der Waals surface area contributed by atoms with E-state index in [1.54, 1.807) is 0 Å². The van der Waals surface area contributed by atoms with Gasteiger partial charge in [0, 0.05) is 11.1 Å². The standard InChI is InChI=1S/C44H28ClN3/c45-43-47-41(31-26-24-30(25-27-31)36-21-11-13-29-12-4-5-18-35(29)36)46-42(48-43)32-14-10-17-34(28-32)44(33-15-2-1-3-16-33)39-22-8-6-19-37(39)38-20-7-9-23-40(38)44/h1-28H. The summed E-state index contributed by atoms with van der Waals surface area (Å²) in [4.78, 5) is 14.1. The summed E-state index contributed by atoms with van der Waals surface area (Å²) in [5.41, 5.74) is 10.9. The zero-order chi connectivity index (χ0) is 32.1. The Labute approximate surface area is 284 Å². The number of nitrogens with zero attached hydrogens (tertiary/aromatic N) is 3. The summed E-state index contributed by atoms with van der Waals surface area (Å²) in [7, 11) is 0. The van der Waals surface area contributed by atoms with Gasteiger partial charge in [-0.2, -0.15) is 9.97 Å². The summed E-state index contributed by atoms with van der Waals surface area (Å²) in [5.74, 6) is 1.07. The Balaban J connectivity index is 1.16. The Hall–Kier alpha value is -5.90. The third-order valence-electron chi connectivity index (χ3n) is 9.56. The average molecular weight is 634 g/mol. The molecule has 8 aromatic rings. The molecule has 226 valence electrons. The highest BCUT2D eigenvalue weighted by Crippen LogP contribution is 2.56. The van der Waals surface area contributed by atoms with Gasteiger partial charge in [-0.25, -0.2) is 4.98 Å². The third kappa shape index (κ3) is 4.47. The maximum absolute atomic E-state index is 6.60. The first-order valence-electron chi connectivity index (χ1n) is 16.1. The van der Waals surface area contributed by atoms with Gasteiger partial charge >= 0.3 is 0 Å². The van der Waals surface area contributed by atoms with E-state index in [2.05, 4.69) is 174 Å². The lowest BCUT2D eigenvalue weighted by molar-refractivity contribution is 0.768. The monoisotopic (exact) mass is 633 g/mol. The molecule has 0 fully saturated rings. The fourth-order valence-corrected chi connectivity index (χ4v) is 7.65. The van der Waals surface area contributed by atoms with Crippen LogP contribution in [0.25, 0.3) is 55.8 Å². The smallest absolute Gasteiger partial charge is 0.208 e. The molecule has 0 N–H and O–H groups in total. The van der Waals surface area contributed by atoms with Crippen molar-refractivity contribution in [3.05, 3.63) is 197 Å². The molecule has 3 nitrogen and oxygen atoms in total. The van der Waals surface area contributed by atoms with E-state index < -0.39 is 5.41 Å². The number of benzene rings is 7. The van der Waals surface area contributed by atoms with Crippen LogP contribution in [0.2, 0.25) is 5.28 Å². The van der Waals surface area contributed by atoms with Crippen LogP contribution in [0.3, 0.4) is 0 Å². The second-order valence-electron chi connectivity index (χ2n) is 12.1. The molecule has 0 bridgehead atoms. The van der Waals surface area contributed by atoms with Crippen LogP contribution in [0.15, 0.2) is 170 Å². The second-order valence-corrected chi connectivity index (χ2v) is 12.5. The Bertz CT molecular complexity index is 2420. The molecular formula is C44H28ClN3. The predicted molar refractivity (Wildman–Crippen MR) is 196 cm³/mol. The van der Waals surface area contributed by atoms with E-state index in [0.717, 1.165) is 22.3 Å². The molecule has 0 amide bonds. The topological polar surface area (TPSA) is 38.7 Å². The molecule has 1 aromatic heterocycles. The van der Waals surface area contributed by atoms with Crippen molar-refractivity contribution in [1.29, 1.82) is 0 Å². The summed E-state index contributed by atoms with van der Waals surface area (Å²) >= 11 is 6.60. The molecule has 0 radical (unpaired) electrons. The van der Waals surface area contributed by atoms with Crippen LogP contribution < -0.4 is 0 Å². The maximum atomic E-state index is 6.60. The van der Waals surface area contributed by atoms with Crippen LogP contribution in [0, 0.1) is 0 Å². The van der Waals surface area contributed by atoms with Crippen molar-refractivity contribution in [1.82, 2.24) is 15.0 Å². The minimum Gasteiger partial charge on any atom is -0.208 e. The fourth-order valence-electron chi connectivity index (χ4n) is 7.49. The van der Waals surface area contributed by atoms with E-state index in [0.29, 0.717) is 11.6 Å². The Morgan fingerprint density at radius 1 is 0.396 bits per heavy atom. The molecule has 1 heterocycles. The molecule has 0 spiro atoms. The Morgan fingerprint density at radius 2 is 0.938 bits per heavy atom. The molecule has 48 heavy (non-hydrogen) atoms. The van der Waals surface area contributed by atoms with Crippen molar-refractivity contribution in [3.8, 4) is 45.0 Å². The molecule has 4 heteroatoms. The number of aromatic nitrogens is 3. The van der Waals surface area contributed by atoms with Gasteiger partial charge in [-0.15, -0.1) is 0 Å². The number of fused-ring (bicyclic) bond motifs is 4. The van der Waals surface area contributed by atoms with Crippen LogP contribution in [0.5, 0.6) is 0 Å². The molecule has 1 aliphatic carbocycles. The third-order valence-corrected chi connectivity index (χ3v) is 9.73. The Kier molecular flexibility index (Phi) is 6.74. The van der Waals surface area contributed by atoms with Gasteiger partial charge in [-0.1, -0.05) is 164 Å². The lowest BCUT2D eigenvalue weighted by atomic mass is 9.67. The number of hydrogen-bond donors (Lipinski definition) is 0. The first-order valence-corrected chi connectivity index (χ1v) is 16.4. The van der Waals surface area contributed by atoms with E-state index >= 15 is 0 Å². The predicted octanol–water partition coefficient (Wildman–Crippen LogP) is 11.0. The summed E-state index contributed by atoms with van der Waals surface area (Å²) in [6.07, 6.45) is 0. The van der Waals surface area contributed by atoms with Crippen LogP contribution in [0.1, 0.15) is 22.3 Å². The molecule has 0 atom stereocenters. The summed E-state index contributed by atoms with van der Waals surface area (Å²) in [6, 6.07) is 60.0. The van der Waals surface area contributed by atoms with E-state index in [4.69, 9.17) is 16.6 Å². The first kappa shape index (κ1) is 28.3. The van der Waals surface area contributed by atoms with Gasteiger partial charge in [0.15, 0.2) is 11.6 Å². The molecule has 7 aromatic carbocycles. The van der Waals surface area contributed by atoms with Gasteiger partial charge in [-0.3, -0.25) is 0 Å². The average Bonchev–Trinajstić information content (AvgIpc) is 3.46. The molecule has 9 rings (SSSR count). The van der Waals surface area contributed by atoms with E-state index in [1.807, 2.05) is 6.07 Å². The van der Waals surface area contributed by atoms with Crippen LogP contribution in [0.4, 0.5) is 0 Å². The van der Waals surface area contributed by atoms with Crippen molar-refractivity contribution >= 4 is 22.4 Å². The van der Waals surface area contributed by atoms with Crippen LogP contribution in [-0.4, -0.2) is 15.0 Å². The normalized spacial score (nSPS) is 12.9. The first-order chi connectivity index (χ1) is 23.7. The van der Waals surface area contributed by atoms with E-state index in [9.17, 15) is 0 Å². The highest BCUT2D eigenvalue weighted by Gasteiger charge is 2.45. The molecule has 0 saturated heterocycles. The van der Waals surface area contributed by atoms with Crippen molar-refractivity contribution in [2.24, 2.45) is 0 Å².